The molecule has 0 aliphatic heterocycles. The number of rotatable bonds is 7. The van der Waals surface area contributed by atoms with Crippen LogP contribution in [-0.4, -0.2) is 18.5 Å². The van der Waals surface area contributed by atoms with E-state index in [0.717, 1.165) is 0 Å². The Morgan fingerprint density at radius 2 is 1.76 bits per heavy atom. The van der Waals surface area contributed by atoms with Crippen LogP contribution in [0.2, 0.25) is 0 Å². The van der Waals surface area contributed by atoms with E-state index in [9.17, 15) is 9.59 Å². The Kier molecular flexibility index (Phi) is 7.44. The van der Waals surface area contributed by atoms with E-state index in [1.807, 2.05) is 0 Å². The largest absolute Gasteiger partial charge is 0.351 e. The molecule has 1 aromatic rings. The van der Waals surface area contributed by atoms with E-state index in [2.05, 4.69) is 48.7 Å². The van der Waals surface area contributed by atoms with E-state index >= 15 is 0 Å². The molecule has 5 heteroatoms. The van der Waals surface area contributed by atoms with Crippen LogP contribution in [0.25, 0.3) is 0 Å². The van der Waals surface area contributed by atoms with Gasteiger partial charge in [-0.1, -0.05) is 57.4 Å². The van der Waals surface area contributed by atoms with Gasteiger partial charge in [0.25, 0.3) is 0 Å². The fourth-order valence-corrected chi connectivity index (χ4v) is 3.69. The maximum absolute atomic E-state index is 11.5. The predicted molar refractivity (Wildman–Crippen MR) is 100 cm³/mol. The molecule has 1 saturated carbocycles. The number of urea groups is 1. The number of nitrogens with two attached hydrogens (primary N) is 1. The highest BCUT2D eigenvalue weighted by Crippen LogP contribution is 2.33. The summed E-state index contributed by atoms with van der Waals surface area (Å²) in [6, 6.07) is 8.34. The van der Waals surface area contributed by atoms with Crippen molar-refractivity contribution < 1.29 is 9.59 Å². The topological polar surface area (TPSA) is 84.2 Å². The van der Waals surface area contributed by atoms with Gasteiger partial charge >= 0.3 is 6.03 Å². The Bertz CT molecular complexity index is 563. The first-order chi connectivity index (χ1) is 12.0. The lowest BCUT2D eigenvalue weighted by Crippen LogP contribution is -2.37. The third-order valence-electron chi connectivity index (χ3n) is 5.02. The summed E-state index contributed by atoms with van der Waals surface area (Å²) in [5, 5.41) is 5.51. The molecule has 1 unspecified atom stereocenters. The zero-order valence-corrected chi connectivity index (χ0v) is 15.4. The van der Waals surface area contributed by atoms with Gasteiger partial charge in [-0.3, -0.25) is 10.1 Å². The number of hydrogen-bond acceptors (Lipinski definition) is 3. The van der Waals surface area contributed by atoms with Crippen LogP contribution in [0, 0.1) is 5.92 Å². The fourth-order valence-electron chi connectivity index (χ4n) is 3.69. The van der Waals surface area contributed by atoms with E-state index in [4.69, 9.17) is 5.73 Å². The Balaban J connectivity index is 1.92. The quantitative estimate of drug-likeness (QED) is 0.706. The van der Waals surface area contributed by atoms with E-state index in [-0.39, 0.29) is 18.4 Å². The van der Waals surface area contributed by atoms with Crippen LogP contribution in [0.5, 0.6) is 0 Å². The van der Waals surface area contributed by atoms with Crippen molar-refractivity contribution in [2.45, 2.75) is 64.3 Å². The lowest BCUT2D eigenvalue weighted by atomic mass is 9.83. The van der Waals surface area contributed by atoms with Gasteiger partial charge in [-0.05, 0) is 35.8 Å². The number of carbonyl (C=O) groups excluding carboxylic acids is 2. The van der Waals surface area contributed by atoms with Gasteiger partial charge in [0.15, 0.2) is 0 Å². The maximum Gasteiger partial charge on any atom is 0.318 e. The van der Waals surface area contributed by atoms with Crippen LogP contribution in [-0.2, 0) is 4.79 Å². The van der Waals surface area contributed by atoms with Crippen molar-refractivity contribution >= 4 is 11.9 Å². The molecule has 3 amide bonds. The molecule has 1 atom stereocenters. The number of nitrogens with one attached hydrogen (secondary N) is 2. The number of carbonyl (C=O) groups is 2. The summed E-state index contributed by atoms with van der Waals surface area (Å²) in [6.07, 6.45) is 6.90. The molecule has 4 N–H and O–H groups in total. The number of benzene rings is 1. The van der Waals surface area contributed by atoms with Crippen LogP contribution in [0.1, 0.15) is 75.5 Å². The van der Waals surface area contributed by atoms with E-state index < -0.39 is 6.03 Å². The Morgan fingerprint density at radius 1 is 1.12 bits per heavy atom. The van der Waals surface area contributed by atoms with Crippen LogP contribution in [0.4, 0.5) is 4.79 Å². The third kappa shape index (κ3) is 6.16. The van der Waals surface area contributed by atoms with Crippen molar-refractivity contribution in [2.24, 2.45) is 11.7 Å². The molecule has 1 fully saturated rings. The summed E-state index contributed by atoms with van der Waals surface area (Å²) in [4.78, 5) is 22.2. The van der Waals surface area contributed by atoms with Gasteiger partial charge in [-0.25, -0.2) is 4.79 Å². The SMILES string of the molecule is CC(C)C(NCCC(=O)NC(N)=O)c1ccc(C2CCCCC2)cc1. The molecule has 25 heavy (non-hydrogen) atoms. The molecule has 0 radical (unpaired) electrons. The number of imide groups is 1. The summed E-state index contributed by atoms with van der Waals surface area (Å²) in [7, 11) is 0. The van der Waals surface area contributed by atoms with Crippen molar-refractivity contribution in [3.8, 4) is 0 Å². The van der Waals surface area contributed by atoms with Crippen LogP contribution in [0.15, 0.2) is 24.3 Å². The second kappa shape index (κ2) is 9.56. The number of hydrogen-bond donors (Lipinski definition) is 3. The Morgan fingerprint density at radius 3 is 2.32 bits per heavy atom. The maximum atomic E-state index is 11.5. The van der Waals surface area contributed by atoms with Gasteiger partial charge in [-0.2, -0.15) is 0 Å². The van der Waals surface area contributed by atoms with Gasteiger partial charge in [0.05, 0.1) is 0 Å². The molecule has 0 saturated heterocycles. The smallest absolute Gasteiger partial charge is 0.318 e. The Labute approximate surface area is 150 Å². The van der Waals surface area contributed by atoms with Gasteiger partial charge < -0.3 is 11.1 Å². The van der Waals surface area contributed by atoms with Gasteiger partial charge in [0.1, 0.15) is 0 Å². The molecular formula is C20H31N3O2. The van der Waals surface area contributed by atoms with E-state index in [1.165, 1.54) is 43.2 Å². The van der Waals surface area contributed by atoms with Crippen molar-refractivity contribution in [3.05, 3.63) is 35.4 Å². The molecule has 5 nitrogen and oxygen atoms in total. The van der Waals surface area contributed by atoms with Crippen molar-refractivity contribution in [2.75, 3.05) is 6.54 Å². The van der Waals surface area contributed by atoms with E-state index in [1.54, 1.807) is 0 Å². The first-order valence-corrected chi connectivity index (χ1v) is 9.40. The summed E-state index contributed by atoms with van der Waals surface area (Å²) in [6.45, 7) is 4.83. The van der Waals surface area contributed by atoms with Crippen LogP contribution < -0.4 is 16.4 Å². The summed E-state index contributed by atoms with van der Waals surface area (Å²) >= 11 is 0. The Hall–Kier alpha value is -1.88. The molecule has 0 bridgehead atoms. The highest BCUT2D eigenvalue weighted by atomic mass is 16.2. The standard InChI is InChI=1S/C20H31N3O2/c1-14(2)19(22-13-12-18(24)23-20(21)25)17-10-8-16(9-11-17)15-6-4-3-5-7-15/h8-11,14-15,19,22H,3-7,12-13H2,1-2H3,(H3,21,23,24,25). The van der Waals surface area contributed by atoms with E-state index in [0.29, 0.717) is 18.4 Å². The van der Waals surface area contributed by atoms with Gasteiger partial charge in [0, 0.05) is 19.0 Å². The molecular weight excluding hydrogens is 314 g/mol. The molecule has 1 aromatic carbocycles. The average molecular weight is 345 g/mol. The van der Waals surface area contributed by atoms with Crippen LogP contribution in [0.3, 0.4) is 0 Å². The van der Waals surface area contributed by atoms with Crippen molar-refractivity contribution in [3.63, 3.8) is 0 Å². The third-order valence-corrected chi connectivity index (χ3v) is 5.02. The second-order valence-electron chi connectivity index (χ2n) is 7.34. The molecule has 1 aliphatic rings. The molecule has 0 aromatic heterocycles. The zero-order chi connectivity index (χ0) is 18.2. The molecule has 1 aliphatic carbocycles. The molecule has 0 spiro atoms. The minimum absolute atomic E-state index is 0.182. The fraction of sp³-hybridized carbons (Fsp3) is 0.600. The minimum Gasteiger partial charge on any atom is -0.351 e. The average Bonchev–Trinajstić information content (AvgIpc) is 2.59. The first kappa shape index (κ1) is 19.4. The predicted octanol–water partition coefficient (Wildman–Crippen LogP) is 3.61. The lowest BCUT2D eigenvalue weighted by Gasteiger charge is -2.25. The second-order valence-corrected chi connectivity index (χ2v) is 7.34. The summed E-state index contributed by atoms with van der Waals surface area (Å²) in [5.74, 6) is 0.764. The summed E-state index contributed by atoms with van der Waals surface area (Å²) < 4.78 is 0. The van der Waals surface area contributed by atoms with Gasteiger partial charge in [0.2, 0.25) is 5.91 Å². The lowest BCUT2D eigenvalue weighted by molar-refractivity contribution is -0.119. The normalized spacial score (nSPS) is 16.6. The van der Waals surface area contributed by atoms with Gasteiger partial charge in [-0.15, -0.1) is 0 Å². The molecule has 138 valence electrons. The van der Waals surface area contributed by atoms with Crippen molar-refractivity contribution in [1.82, 2.24) is 10.6 Å². The highest BCUT2D eigenvalue weighted by Gasteiger charge is 2.18. The molecule has 0 heterocycles. The molecule has 2 rings (SSSR count). The number of primary amides is 1. The minimum atomic E-state index is -0.802. The monoisotopic (exact) mass is 345 g/mol. The summed E-state index contributed by atoms with van der Waals surface area (Å²) in [5.41, 5.74) is 7.64. The zero-order valence-electron chi connectivity index (χ0n) is 15.4. The first-order valence-electron chi connectivity index (χ1n) is 9.40. The number of amides is 3. The highest BCUT2D eigenvalue weighted by molar-refractivity contribution is 5.93. The van der Waals surface area contributed by atoms with Crippen LogP contribution >= 0.6 is 0 Å². The van der Waals surface area contributed by atoms with Crippen molar-refractivity contribution in [1.29, 1.82) is 0 Å².